The van der Waals surface area contributed by atoms with E-state index in [0.29, 0.717) is 30.0 Å². The van der Waals surface area contributed by atoms with Crippen molar-refractivity contribution in [2.24, 2.45) is 0 Å². The fraction of sp³-hybridized carbons (Fsp3) is 0.450. The molecule has 0 radical (unpaired) electrons. The number of hydrogen-bond donors (Lipinski definition) is 0. The number of alkyl halides is 3. The molecule has 5 nitrogen and oxygen atoms in total. The molecule has 1 aliphatic rings. The van der Waals surface area contributed by atoms with Crippen LogP contribution in [0.15, 0.2) is 36.7 Å². The Hall–Kier alpha value is -2.48. The van der Waals surface area contributed by atoms with Crippen LogP contribution in [0.5, 0.6) is 0 Å². The summed E-state index contributed by atoms with van der Waals surface area (Å²) in [5.41, 5.74) is 0.853. The van der Waals surface area contributed by atoms with Crippen molar-refractivity contribution in [3.63, 3.8) is 0 Å². The highest BCUT2D eigenvalue weighted by Crippen LogP contribution is 2.35. The average Bonchev–Trinajstić information content (AvgIpc) is 2.67. The third kappa shape index (κ3) is 4.67. The van der Waals surface area contributed by atoms with E-state index < -0.39 is 11.7 Å². The molecular weight excluding hydrogens is 369 g/mol. The lowest BCUT2D eigenvalue weighted by molar-refractivity contribution is -0.137. The molecule has 2 heterocycles. The molecule has 1 fully saturated rings. The molecule has 1 aromatic heterocycles. The SMILES string of the molecule is CN(C)C(=O)CN1CCC[C@@H](c2nccnc2-c2cccc(C(F)(F)F)c2)C1. The molecular formula is C20H23F3N4O. The van der Waals surface area contributed by atoms with Crippen LogP contribution in [0.2, 0.25) is 0 Å². The van der Waals surface area contributed by atoms with Crippen molar-refractivity contribution in [2.75, 3.05) is 33.7 Å². The number of rotatable bonds is 4. The van der Waals surface area contributed by atoms with Crippen LogP contribution in [-0.4, -0.2) is 59.4 Å². The number of benzene rings is 1. The maximum atomic E-state index is 13.1. The molecule has 0 unspecified atom stereocenters. The molecule has 2 aromatic rings. The zero-order valence-electron chi connectivity index (χ0n) is 15.9. The lowest BCUT2D eigenvalue weighted by Crippen LogP contribution is -2.41. The Kier molecular flexibility index (Phi) is 5.98. The Morgan fingerprint density at radius 3 is 2.71 bits per heavy atom. The number of hydrogen-bond acceptors (Lipinski definition) is 4. The van der Waals surface area contributed by atoms with Crippen LogP contribution in [0, 0.1) is 0 Å². The van der Waals surface area contributed by atoms with E-state index in [1.165, 1.54) is 12.3 Å². The van der Waals surface area contributed by atoms with E-state index in [0.717, 1.165) is 31.5 Å². The predicted molar refractivity (Wildman–Crippen MR) is 99.6 cm³/mol. The van der Waals surface area contributed by atoms with E-state index in [9.17, 15) is 18.0 Å². The van der Waals surface area contributed by atoms with Gasteiger partial charge in [0.05, 0.1) is 23.5 Å². The van der Waals surface area contributed by atoms with Gasteiger partial charge in [-0.15, -0.1) is 0 Å². The molecule has 1 atom stereocenters. The van der Waals surface area contributed by atoms with Gasteiger partial charge in [0.25, 0.3) is 0 Å². The van der Waals surface area contributed by atoms with E-state index >= 15 is 0 Å². The zero-order valence-corrected chi connectivity index (χ0v) is 15.9. The van der Waals surface area contributed by atoms with Crippen LogP contribution in [0.25, 0.3) is 11.3 Å². The Balaban J connectivity index is 1.87. The summed E-state index contributed by atoms with van der Waals surface area (Å²) >= 11 is 0. The average molecular weight is 392 g/mol. The Labute approximate surface area is 162 Å². The molecule has 8 heteroatoms. The fourth-order valence-electron chi connectivity index (χ4n) is 3.47. The number of likely N-dealkylation sites (tertiary alicyclic amines) is 1. The maximum absolute atomic E-state index is 13.1. The Morgan fingerprint density at radius 2 is 2.00 bits per heavy atom. The van der Waals surface area contributed by atoms with E-state index in [-0.39, 0.29) is 11.8 Å². The molecule has 1 aromatic carbocycles. The van der Waals surface area contributed by atoms with Gasteiger partial charge in [0, 0.05) is 44.5 Å². The first kappa shape index (κ1) is 20.3. The van der Waals surface area contributed by atoms with Crippen LogP contribution >= 0.6 is 0 Å². The zero-order chi connectivity index (χ0) is 20.3. The minimum Gasteiger partial charge on any atom is -0.348 e. The van der Waals surface area contributed by atoms with Crippen molar-refractivity contribution in [3.8, 4) is 11.3 Å². The first-order valence-electron chi connectivity index (χ1n) is 9.16. The van der Waals surface area contributed by atoms with Crippen molar-refractivity contribution in [1.29, 1.82) is 0 Å². The number of piperidine rings is 1. The normalized spacial score (nSPS) is 18.1. The number of carbonyl (C=O) groups excluding carboxylic acids is 1. The molecule has 1 saturated heterocycles. The molecule has 0 spiro atoms. The Morgan fingerprint density at radius 1 is 1.25 bits per heavy atom. The second-order valence-electron chi connectivity index (χ2n) is 7.23. The highest BCUT2D eigenvalue weighted by atomic mass is 19.4. The first-order chi connectivity index (χ1) is 13.3. The molecule has 0 saturated carbocycles. The van der Waals surface area contributed by atoms with Crippen molar-refractivity contribution >= 4 is 5.91 Å². The topological polar surface area (TPSA) is 49.3 Å². The maximum Gasteiger partial charge on any atom is 0.416 e. The number of halogens is 3. The molecule has 150 valence electrons. The number of carbonyl (C=O) groups is 1. The smallest absolute Gasteiger partial charge is 0.348 e. The van der Waals surface area contributed by atoms with Crippen LogP contribution in [-0.2, 0) is 11.0 Å². The number of likely N-dealkylation sites (N-methyl/N-ethyl adjacent to an activating group) is 1. The number of nitrogens with zero attached hydrogens (tertiary/aromatic N) is 4. The summed E-state index contributed by atoms with van der Waals surface area (Å²) in [5.74, 6) is 0.0415. The predicted octanol–water partition coefficient (Wildman–Crippen LogP) is 3.43. The van der Waals surface area contributed by atoms with Crippen molar-refractivity contribution in [3.05, 3.63) is 47.9 Å². The van der Waals surface area contributed by atoms with Gasteiger partial charge in [-0.2, -0.15) is 13.2 Å². The monoisotopic (exact) mass is 392 g/mol. The van der Waals surface area contributed by atoms with E-state index in [1.807, 2.05) is 0 Å². The van der Waals surface area contributed by atoms with E-state index in [1.54, 1.807) is 31.3 Å². The van der Waals surface area contributed by atoms with Crippen LogP contribution < -0.4 is 0 Å². The summed E-state index contributed by atoms with van der Waals surface area (Å²) < 4.78 is 39.3. The molecule has 28 heavy (non-hydrogen) atoms. The highest BCUT2D eigenvalue weighted by Gasteiger charge is 2.31. The summed E-state index contributed by atoms with van der Waals surface area (Å²) in [4.78, 5) is 24.4. The van der Waals surface area contributed by atoms with Gasteiger partial charge in [-0.1, -0.05) is 12.1 Å². The molecule has 1 aliphatic heterocycles. The molecule has 3 rings (SSSR count). The standard InChI is InChI=1S/C20H23F3N4O/c1-26(2)17(28)13-27-10-4-6-15(12-27)19-18(24-8-9-25-19)14-5-3-7-16(11-14)20(21,22)23/h3,5,7-9,11,15H,4,6,10,12-13H2,1-2H3/t15-/m1/s1. The van der Waals surface area contributed by atoms with Gasteiger partial charge in [-0.3, -0.25) is 19.7 Å². The largest absolute Gasteiger partial charge is 0.416 e. The second kappa shape index (κ2) is 8.26. The van der Waals surface area contributed by atoms with Crippen molar-refractivity contribution < 1.29 is 18.0 Å². The minimum absolute atomic E-state index is 0.0157. The molecule has 0 bridgehead atoms. The van der Waals surface area contributed by atoms with Gasteiger partial charge >= 0.3 is 6.18 Å². The second-order valence-corrected chi connectivity index (χ2v) is 7.23. The van der Waals surface area contributed by atoms with Crippen molar-refractivity contribution in [1.82, 2.24) is 19.8 Å². The van der Waals surface area contributed by atoms with Gasteiger partial charge in [-0.25, -0.2) is 0 Å². The lowest BCUT2D eigenvalue weighted by atomic mass is 9.91. The molecule has 0 aliphatic carbocycles. The summed E-state index contributed by atoms with van der Waals surface area (Å²) in [5, 5.41) is 0. The number of amides is 1. The molecule has 1 amide bonds. The lowest BCUT2D eigenvalue weighted by Gasteiger charge is -2.33. The van der Waals surface area contributed by atoms with Gasteiger partial charge < -0.3 is 4.90 Å². The Bertz CT molecular complexity index is 838. The van der Waals surface area contributed by atoms with Gasteiger partial charge in [-0.05, 0) is 31.5 Å². The van der Waals surface area contributed by atoms with Crippen LogP contribution in [0.1, 0.15) is 30.0 Å². The van der Waals surface area contributed by atoms with Crippen molar-refractivity contribution in [2.45, 2.75) is 24.9 Å². The van der Waals surface area contributed by atoms with Crippen LogP contribution in [0.4, 0.5) is 13.2 Å². The van der Waals surface area contributed by atoms with Gasteiger partial charge in [0.2, 0.25) is 5.91 Å². The third-order valence-electron chi connectivity index (χ3n) is 4.94. The minimum atomic E-state index is -4.41. The number of aromatic nitrogens is 2. The van der Waals surface area contributed by atoms with E-state index in [2.05, 4.69) is 14.9 Å². The van der Waals surface area contributed by atoms with E-state index in [4.69, 9.17) is 0 Å². The quantitative estimate of drug-likeness (QED) is 0.800. The summed E-state index contributed by atoms with van der Waals surface area (Å²) in [6.45, 7) is 1.77. The van der Waals surface area contributed by atoms with Gasteiger partial charge in [0.15, 0.2) is 0 Å². The van der Waals surface area contributed by atoms with Crippen LogP contribution in [0.3, 0.4) is 0 Å². The summed E-state index contributed by atoms with van der Waals surface area (Å²) in [6.07, 6.45) is 0.402. The summed E-state index contributed by atoms with van der Waals surface area (Å²) in [6, 6.07) is 5.18. The first-order valence-corrected chi connectivity index (χ1v) is 9.16. The fourth-order valence-corrected chi connectivity index (χ4v) is 3.47. The molecule has 0 N–H and O–H groups in total. The third-order valence-corrected chi connectivity index (χ3v) is 4.94. The highest BCUT2D eigenvalue weighted by molar-refractivity contribution is 5.77. The summed E-state index contributed by atoms with van der Waals surface area (Å²) in [7, 11) is 3.44. The van der Waals surface area contributed by atoms with Gasteiger partial charge in [0.1, 0.15) is 0 Å².